The van der Waals surface area contributed by atoms with Gasteiger partial charge in [0.05, 0.1) is 19.1 Å². The molecule has 4 heteroatoms. The van der Waals surface area contributed by atoms with E-state index in [1.807, 2.05) is 6.92 Å². The van der Waals surface area contributed by atoms with Crippen LogP contribution in [0.25, 0.3) is 0 Å². The number of rotatable bonds is 25. The molecule has 0 aliphatic rings. The Kier molecular flexibility index (Phi) is 24.7. The van der Waals surface area contributed by atoms with Gasteiger partial charge in [-0.2, -0.15) is 0 Å². The molecule has 0 heterocycles. The second-order valence-corrected chi connectivity index (χ2v) is 9.84. The van der Waals surface area contributed by atoms with Crippen LogP contribution in [0.4, 0.5) is 0 Å². The van der Waals surface area contributed by atoms with Crippen LogP contribution in [0.2, 0.25) is 0 Å². The van der Waals surface area contributed by atoms with E-state index >= 15 is 0 Å². The van der Waals surface area contributed by atoms with Crippen LogP contribution in [0.5, 0.6) is 0 Å². The molecule has 0 spiro atoms. The molecule has 0 saturated carbocycles. The lowest BCUT2D eigenvalue weighted by Crippen LogP contribution is -2.15. The molecule has 1 unspecified atom stereocenters. The van der Waals surface area contributed by atoms with Crippen LogP contribution in [0.1, 0.15) is 156 Å². The fraction of sp³-hybridized carbons (Fsp3) is 0.931. The Morgan fingerprint density at radius 3 is 1.48 bits per heavy atom. The Balaban J connectivity index is 3.30. The summed E-state index contributed by atoms with van der Waals surface area (Å²) in [5.41, 5.74) is 0. The van der Waals surface area contributed by atoms with Gasteiger partial charge < -0.3 is 9.47 Å². The molecule has 0 aromatic heterocycles. The van der Waals surface area contributed by atoms with E-state index in [2.05, 4.69) is 13.8 Å². The largest absolute Gasteiger partial charge is 0.466 e. The molecule has 1 atom stereocenters. The second-order valence-electron chi connectivity index (χ2n) is 9.84. The predicted octanol–water partition coefficient (Wildman–Crippen LogP) is 8.94. The molecule has 33 heavy (non-hydrogen) atoms. The van der Waals surface area contributed by atoms with Gasteiger partial charge in [0.1, 0.15) is 0 Å². The van der Waals surface area contributed by atoms with Crippen molar-refractivity contribution in [3.8, 4) is 0 Å². The summed E-state index contributed by atoms with van der Waals surface area (Å²) in [7, 11) is 0. The van der Waals surface area contributed by atoms with Gasteiger partial charge in [0.25, 0.3) is 0 Å². The third-order valence-corrected chi connectivity index (χ3v) is 6.42. The van der Waals surface area contributed by atoms with Gasteiger partial charge in [-0.1, -0.05) is 124 Å². The zero-order valence-electron chi connectivity index (χ0n) is 22.5. The highest BCUT2D eigenvalue weighted by Crippen LogP contribution is 2.15. The molecule has 0 saturated heterocycles. The van der Waals surface area contributed by atoms with Gasteiger partial charge in [-0.3, -0.25) is 9.59 Å². The summed E-state index contributed by atoms with van der Waals surface area (Å²) in [4.78, 5) is 23.6. The van der Waals surface area contributed by atoms with E-state index in [9.17, 15) is 9.59 Å². The lowest BCUT2D eigenvalue weighted by Gasteiger charge is -2.11. The van der Waals surface area contributed by atoms with E-state index in [0.29, 0.717) is 19.6 Å². The first-order chi connectivity index (χ1) is 16.1. The average Bonchev–Trinajstić information content (AvgIpc) is 2.81. The summed E-state index contributed by atoms with van der Waals surface area (Å²) in [6.07, 6.45) is 24.3. The molecule has 0 bridgehead atoms. The minimum absolute atomic E-state index is 0.00852. The Hall–Kier alpha value is -1.06. The summed E-state index contributed by atoms with van der Waals surface area (Å²) >= 11 is 0. The van der Waals surface area contributed by atoms with Crippen LogP contribution in [-0.2, 0) is 19.1 Å². The second kappa shape index (κ2) is 25.6. The molecule has 0 aliphatic carbocycles. The molecule has 0 aliphatic heterocycles. The third-order valence-electron chi connectivity index (χ3n) is 6.42. The quantitative estimate of drug-likeness (QED) is 0.0991. The Labute approximate surface area is 206 Å². The van der Waals surface area contributed by atoms with Crippen molar-refractivity contribution < 1.29 is 19.1 Å². The summed E-state index contributed by atoms with van der Waals surface area (Å²) in [6, 6.07) is 0. The fourth-order valence-electron chi connectivity index (χ4n) is 4.06. The monoisotopic (exact) mass is 468 g/mol. The van der Waals surface area contributed by atoms with E-state index in [-0.39, 0.29) is 17.9 Å². The smallest absolute Gasteiger partial charge is 0.308 e. The molecule has 0 amide bonds. The Morgan fingerprint density at radius 2 is 0.970 bits per heavy atom. The van der Waals surface area contributed by atoms with Crippen molar-refractivity contribution >= 4 is 11.9 Å². The SMILES string of the molecule is CCCCCCOC(=O)CCCCCCCCCCCCCC(C)C(=O)OCCCCCC. The summed E-state index contributed by atoms with van der Waals surface area (Å²) in [5.74, 6) is 0.0230. The first-order valence-corrected chi connectivity index (χ1v) is 14.4. The van der Waals surface area contributed by atoms with E-state index < -0.39 is 0 Å². The van der Waals surface area contributed by atoms with Gasteiger partial charge in [0.15, 0.2) is 0 Å². The number of hydrogen-bond donors (Lipinski definition) is 0. The highest BCUT2D eigenvalue weighted by atomic mass is 16.5. The van der Waals surface area contributed by atoms with E-state index in [1.165, 1.54) is 83.5 Å². The number of hydrogen-bond acceptors (Lipinski definition) is 4. The standard InChI is InChI=1S/C29H56O4/c1-4-6-8-21-25-32-28(30)24-20-18-16-14-12-10-11-13-15-17-19-23-27(3)29(31)33-26-22-9-7-5-2/h27H,4-26H2,1-3H3. The molecule has 0 aromatic rings. The predicted molar refractivity (Wildman–Crippen MR) is 139 cm³/mol. The number of carbonyl (C=O) groups is 2. The topological polar surface area (TPSA) is 52.6 Å². The van der Waals surface area contributed by atoms with Crippen LogP contribution < -0.4 is 0 Å². The maximum Gasteiger partial charge on any atom is 0.308 e. The zero-order chi connectivity index (χ0) is 24.4. The zero-order valence-corrected chi connectivity index (χ0v) is 22.5. The summed E-state index contributed by atoms with van der Waals surface area (Å²) in [5, 5.41) is 0. The average molecular weight is 469 g/mol. The van der Waals surface area contributed by atoms with Gasteiger partial charge in [-0.25, -0.2) is 0 Å². The van der Waals surface area contributed by atoms with Gasteiger partial charge >= 0.3 is 11.9 Å². The van der Waals surface area contributed by atoms with Crippen LogP contribution in [0.15, 0.2) is 0 Å². The maximum absolute atomic E-state index is 12.0. The van der Waals surface area contributed by atoms with Crippen LogP contribution in [0.3, 0.4) is 0 Å². The lowest BCUT2D eigenvalue weighted by atomic mass is 10.0. The number of esters is 2. The van der Waals surface area contributed by atoms with Gasteiger partial charge in [0.2, 0.25) is 0 Å². The molecule has 0 fully saturated rings. The van der Waals surface area contributed by atoms with Crippen molar-refractivity contribution in [2.45, 2.75) is 156 Å². The van der Waals surface area contributed by atoms with Crippen molar-refractivity contribution in [2.75, 3.05) is 13.2 Å². The van der Waals surface area contributed by atoms with Crippen molar-refractivity contribution in [1.82, 2.24) is 0 Å². The van der Waals surface area contributed by atoms with Crippen molar-refractivity contribution in [3.05, 3.63) is 0 Å². The fourth-order valence-corrected chi connectivity index (χ4v) is 4.06. The first-order valence-electron chi connectivity index (χ1n) is 14.4. The maximum atomic E-state index is 12.0. The van der Waals surface area contributed by atoms with Crippen molar-refractivity contribution in [3.63, 3.8) is 0 Å². The van der Waals surface area contributed by atoms with E-state index in [0.717, 1.165) is 44.9 Å². The Morgan fingerprint density at radius 1 is 0.545 bits per heavy atom. The van der Waals surface area contributed by atoms with E-state index in [1.54, 1.807) is 0 Å². The van der Waals surface area contributed by atoms with Gasteiger partial charge in [-0.15, -0.1) is 0 Å². The van der Waals surface area contributed by atoms with Gasteiger partial charge in [0, 0.05) is 6.42 Å². The third kappa shape index (κ3) is 23.9. The molecule has 0 rings (SSSR count). The minimum atomic E-state index is -0.0137. The van der Waals surface area contributed by atoms with Crippen LogP contribution in [0, 0.1) is 5.92 Å². The van der Waals surface area contributed by atoms with Crippen molar-refractivity contribution in [2.24, 2.45) is 5.92 Å². The summed E-state index contributed by atoms with van der Waals surface area (Å²) in [6.45, 7) is 7.58. The van der Waals surface area contributed by atoms with E-state index in [4.69, 9.17) is 9.47 Å². The normalized spacial score (nSPS) is 12.0. The van der Waals surface area contributed by atoms with Crippen LogP contribution >= 0.6 is 0 Å². The van der Waals surface area contributed by atoms with Crippen molar-refractivity contribution in [1.29, 1.82) is 0 Å². The number of ether oxygens (including phenoxy) is 2. The summed E-state index contributed by atoms with van der Waals surface area (Å²) < 4.78 is 10.7. The molecule has 0 aromatic carbocycles. The highest BCUT2D eigenvalue weighted by Gasteiger charge is 2.13. The Bertz CT molecular complexity index is 435. The highest BCUT2D eigenvalue weighted by molar-refractivity contribution is 5.71. The first kappa shape index (κ1) is 31.9. The molecule has 0 radical (unpaired) electrons. The molecule has 0 N–H and O–H groups in total. The molecule has 4 nitrogen and oxygen atoms in total. The van der Waals surface area contributed by atoms with Gasteiger partial charge in [-0.05, 0) is 25.7 Å². The lowest BCUT2D eigenvalue weighted by molar-refractivity contribution is -0.148. The van der Waals surface area contributed by atoms with Crippen LogP contribution in [-0.4, -0.2) is 25.2 Å². The number of carbonyl (C=O) groups excluding carboxylic acids is 2. The molecule has 196 valence electrons. The molecular weight excluding hydrogens is 412 g/mol. The minimum Gasteiger partial charge on any atom is -0.466 e. The molecular formula is C29H56O4. The number of unbranched alkanes of at least 4 members (excludes halogenated alkanes) is 16.